The van der Waals surface area contributed by atoms with E-state index in [0.717, 1.165) is 18.4 Å². The third kappa shape index (κ3) is 1.69. The Morgan fingerprint density at radius 3 is 2.41 bits per heavy atom. The Bertz CT molecular complexity index is 492. The highest BCUT2D eigenvalue weighted by Gasteiger charge is 2.46. The fraction of sp³-hybridized carbons (Fsp3) is 0.462. The van der Waals surface area contributed by atoms with Gasteiger partial charge in [-0.2, -0.15) is 0 Å². The Balaban J connectivity index is 2.02. The molecule has 3 rings (SSSR count). The smallest absolute Gasteiger partial charge is 0.183 e. The maximum Gasteiger partial charge on any atom is 0.183 e. The van der Waals surface area contributed by atoms with Crippen molar-refractivity contribution in [2.45, 2.75) is 25.3 Å². The van der Waals surface area contributed by atoms with E-state index in [4.69, 9.17) is 15.2 Å². The van der Waals surface area contributed by atoms with Gasteiger partial charge in [0.15, 0.2) is 17.3 Å². The molecule has 2 N–H and O–H groups in total. The van der Waals surface area contributed by atoms with Crippen molar-refractivity contribution in [1.82, 2.24) is 0 Å². The third-order valence-electron chi connectivity index (χ3n) is 3.37. The highest BCUT2D eigenvalue weighted by Crippen LogP contribution is 2.39. The second-order valence-electron chi connectivity index (χ2n) is 4.80. The fourth-order valence-electron chi connectivity index (χ4n) is 2.06. The number of hydrogen-bond donors (Lipinski definition) is 1. The number of carbonyl (C=O) groups is 1. The van der Waals surface area contributed by atoms with Crippen molar-refractivity contribution >= 4 is 5.78 Å². The van der Waals surface area contributed by atoms with Crippen LogP contribution in [0.25, 0.3) is 0 Å². The van der Waals surface area contributed by atoms with Gasteiger partial charge in [0.05, 0.1) is 5.54 Å². The largest absolute Gasteiger partial charge is 0.486 e. The summed E-state index contributed by atoms with van der Waals surface area (Å²) in [7, 11) is 0. The van der Waals surface area contributed by atoms with Crippen LogP contribution >= 0.6 is 0 Å². The summed E-state index contributed by atoms with van der Waals surface area (Å²) in [4.78, 5) is 12.2. The molecule has 90 valence electrons. The van der Waals surface area contributed by atoms with Gasteiger partial charge >= 0.3 is 0 Å². The van der Waals surface area contributed by atoms with E-state index in [2.05, 4.69) is 0 Å². The summed E-state index contributed by atoms with van der Waals surface area (Å²) in [6.45, 7) is 2.98. The molecule has 4 heteroatoms. The number of carbonyl (C=O) groups excluding carboxylic acids is 1. The molecular weight excluding hydrogens is 218 g/mol. The lowest BCUT2D eigenvalue weighted by molar-refractivity contribution is 0.0947. The van der Waals surface area contributed by atoms with E-state index < -0.39 is 5.54 Å². The summed E-state index contributed by atoms with van der Waals surface area (Å²) in [6, 6.07) is 3.62. The van der Waals surface area contributed by atoms with Crippen molar-refractivity contribution in [2.24, 2.45) is 5.73 Å². The quantitative estimate of drug-likeness (QED) is 0.785. The Morgan fingerprint density at radius 2 is 1.82 bits per heavy atom. The van der Waals surface area contributed by atoms with Gasteiger partial charge in [0.1, 0.15) is 13.2 Å². The first-order valence-electron chi connectivity index (χ1n) is 5.84. The molecule has 1 fully saturated rings. The van der Waals surface area contributed by atoms with Crippen LogP contribution in [0, 0.1) is 6.92 Å². The molecule has 2 aliphatic rings. The topological polar surface area (TPSA) is 61.6 Å². The van der Waals surface area contributed by atoms with Crippen molar-refractivity contribution in [2.75, 3.05) is 13.2 Å². The van der Waals surface area contributed by atoms with E-state index in [1.54, 1.807) is 6.07 Å². The lowest BCUT2D eigenvalue weighted by atomic mass is 9.97. The molecule has 1 aliphatic heterocycles. The Hall–Kier alpha value is -1.55. The lowest BCUT2D eigenvalue weighted by Crippen LogP contribution is -2.33. The van der Waals surface area contributed by atoms with Gasteiger partial charge < -0.3 is 15.2 Å². The monoisotopic (exact) mass is 233 g/mol. The minimum absolute atomic E-state index is 0.0203. The number of ketones is 1. The van der Waals surface area contributed by atoms with E-state index in [0.29, 0.717) is 30.3 Å². The zero-order valence-electron chi connectivity index (χ0n) is 9.79. The van der Waals surface area contributed by atoms with E-state index >= 15 is 0 Å². The van der Waals surface area contributed by atoms with Crippen molar-refractivity contribution in [3.63, 3.8) is 0 Å². The summed E-state index contributed by atoms with van der Waals surface area (Å²) in [6.07, 6.45) is 1.55. The number of nitrogens with two attached hydrogens (primary N) is 1. The third-order valence-corrected chi connectivity index (χ3v) is 3.37. The van der Waals surface area contributed by atoms with Crippen molar-refractivity contribution in [3.8, 4) is 11.5 Å². The maximum absolute atomic E-state index is 12.2. The Morgan fingerprint density at radius 1 is 1.24 bits per heavy atom. The molecular formula is C13H15NO3. The first-order chi connectivity index (χ1) is 8.10. The minimum Gasteiger partial charge on any atom is -0.486 e. The molecule has 0 amide bonds. The fourth-order valence-corrected chi connectivity index (χ4v) is 2.06. The molecule has 0 saturated heterocycles. The molecule has 0 atom stereocenters. The van der Waals surface area contributed by atoms with Crippen molar-refractivity contribution < 1.29 is 14.3 Å². The van der Waals surface area contributed by atoms with Crippen molar-refractivity contribution in [1.29, 1.82) is 0 Å². The second-order valence-corrected chi connectivity index (χ2v) is 4.80. The van der Waals surface area contributed by atoms with E-state index in [1.165, 1.54) is 0 Å². The molecule has 0 aromatic heterocycles. The van der Waals surface area contributed by atoms with Gasteiger partial charge in [-0.25, -0.2) is 0 Å². The van der Waals surface area contributed by atoms with Gasteiger partial charge in [-0.3, -0.25) is 4.79 Å². The van der Waals surface area contributed by atoms with E-state index in [-0.39, 0.29) is 5.78 Å². The van der Waals surface area contributed by atoms with Crippen LogP contribution in [0.1, 0.15) is 28.8 Å². The molecule has 4 nitrogen and oxygen atoms in total. The van der Waals surface area contributed by atoms with Crippen LogP contribution in [-0.2, 0) is 0 Å². The average molecular weight is 233 g/mol. The standard InChI is InChI=1S/C13H15NO3/c1-8-6-10-11(17-5-4-16-10)7-9(8)12(15)13(14)2-3-13/h6-7H,2-5,14H2,1H3. The van der Waals surface area contributed by atoms with Gasteiger partial charge in [0.25, 0.3) is 0 Å². The number of rotatable bonds is 2. The second kappa shape index (κ2) is 3.47. The molecule has 1 aromatic rings. The molecule has 1 aliphatic carbocycles. The van der Waals surface area contributed by atoms with E-state index in [9.17, 15) is 4.79 Å². The summed E-state index contributed by atoms with van der Waals surface area (Å²) in [5, 5.41) is 0. The van der Waals surface area contributed by atoms with Crippen LogP contribution in [0.2, 0.25) is 0 Å². The highest BCUT2D eigenvalue weighted by molar-refractivity contribution is 6.06. The predicted molar refractivity (Wildman–Crippen MR) is 62.7 cm³/mol. The van der Waals surface area contributed by atoms with Gasteiger partial charge in [-0.15, -0.1) is 0 Å². The summed E-state index contributed by atoms with van der Waals surface area (Å²) < 4.78 is 11.0. The molecule has 0 bridgehead atoms. The van der Waals surface area contributed by atoms with Crippen LogP contribution in [0.4, 0.5) is 0 Å². The van der Waals surface area contributed by atoms with Crippen LogP contribution < -0.4 is 15.2 Å². The minimum atomic E-state index is -0.630. The van der Waals surface area contributed by atoms with Gasteiger partial charge in [-0.1, -0.05) is 0 Å². The number of fused-ring (bicyclic) bond motifs is 1. The predicted octanol–water partition coefficient (Wildman–Crippen LogP) is 1.44. The van der Waals surface area contributed by atoms with Gasteiger partial charge in [0.2, 0.25) is 0 Å². The SMILES string of the molecule is Cc1cc2c(cc1C(=O)C1(N)CC1)OCCO2. The first-order valence-corrected chi connectivity index (χ1v) is 5.84. The summed E-state index contributed by atoms with van der Waals surface area (Å²) in [5.41, 5.74) is 6.88. The first kappa shape index (κ1) is 10.6. The summed E-state index contributed by atoms with van der Waals surface area (Å²) >= 11 is 0. The average Bonchev–Trinajstić information content (AvgIpc) is 3.07. The normalized spacial score (nSPS) is 19.9. The number of ether oxygens (including phenoxy) is 2. The zero-order chi connectivity index (χ0) is 12.0. The number of Topliss-reactive ketones (excluding diaryl/α,β-unsaturated/α-hetero) is 1. The zero-order valence-corrected chi connectivity index (χ0v) is 9.79. The molecule has 1 saturated carbocycles. The maximum atomic E-state index is 12.2. The number of hydrogen-bond acceptors (Lipinski definition) is 4. The molecule has 1 aromatic carbocycles. The van der Waals surface area contributed by atoms with E-state index in [1.807, 2.05) is 13.0 Å². The molecule has 0 radical (unpaired) electrons. The van der Waals surface area contributed by atoms with Crippen molar-refractivity contribution in [3.05, 3.63) is 23.3 Å². The molecule has 17 heavy (non-hydrogen) atoms. The van der Waals surface area contributed by atoms with Crippen LogP contribution in [0.3, 0.4) is 0 Å². The Kier molecular flexibility index (Phi) is 2.16. The van der Waals surface area contributed by atoms with Crippen LogP contribution in [0.15, 0.2) is 12.1 Å². The molecule has 0 spiro atoms. The highest BCUT2D eigenvalue weighted by atomic mass is 16.6. The van der Waals surface area contributed by atoms with Crippen LogP contribution in [-0.4, -0.2) is 24.5 Å². The molecule has 0 unspecified atom stereocenters. The van der Waals surface area contributed by atoms with Crippen LogP contribution in [0.5, 0.6) is 11.5 Å². The van der Waals surface area contributed by atoms with Gasteiger partial charge in [-0.05, 0) is 37.5 Å². The number of aryl methyl sites for hydroxylation is 1. The summed E-state index contributed by atoms with van der Waals surface area (Å²) in [5.74, 6) is 1.38. The molecule has 1 heterocycles. The lowest BCUT2D eigenvalue weighted by Gasteiger charge is -2.20. The van der Waals surface area contributed by atoms with Gasteiger partial charge in [0, 0.05) is 5.56 Å². The number of benzene rings is 1. The Labute approximate surface area is 99.7 Å².